The molecule has 2 aromatic heterocycles. The van der Waals surface area contributed by atoms with Crippen molar-refractivity contribution in [1.29, 1.82) is 0 Å². The number of benzene rings is 7. The van der Waals surface area contributed by atoms with Gasteiger partial charge in [-0.1, -0.05) is 6.08 Å². The average molecular weight is 876 g/mol. The molecule has 0 unspecified atom stereocenters. The van der Waals surface area contributed by atoms with E-state index < -0.39 is 21.2 Å². The van der Waals surface area contributed by atoms with E-state index in [0.29, 0.717) is 11.5 Å². The second kappa shape index (κ2) is 16.0. The van der Waals surface area contributed by atoms with Crippen molar-refractivity contribution in [3.8, 4) is 22.3 Å². The van der Waals surface area contributed by atoms with Crippen LogP contribution in [0.5, 0.6) is 0 Å². The molecule has 0 spiro atoms. The van der Waals surface area contributed by atoms with E-state index in [-0.39, 0.29) is 0 Å². The summed E-state index contributed by atoms with van der Waals surface area (Å²) in [5, 5.41) is 4.42. The van der Waals surface area contributed by atoms with Gasteiger partial charge in [0.25, 0.3) is 0 Å². The van der Waals surface area contributed by atoms with Crippen LogP contribution in [0.25, 0.3) is 77.4 Å². The van der Waals surface area contributed by atoms with Gasteiger partial charge in [-0.3, -0.25) is 0 Å². The summed E-state index contributed by atoms with van der Waals surface area (Å²) in [6, 6.07) is 55.4. The molecule has 9 aromatic rings. The predicted octanol–water partition coefficient (Wildman–Crippen LogP) is 11.5. The van der Waals surface area contributed by atoms with Crippen LogP contribution >= 0.6 is 0 Å². The maximum absolute atomic E-state index is 6.23. The fraction of sp³-hybridized carbons (Fsp3) is 0.0741. The Bertz CT molecular complexity index is 3050. The molecule has 0 saturated heterocycles. The summed E-state index contributed by atoms with van der Waals surface area (Å²) < 4.78 is 14.6. The summed E-state index contributed by atoms with van der Waals surface area (Å²) in [7, 11) is 0. The number of para-hydroxylation sites is 2. The van der Waals surface area contributed by atoms with Gasteiger partial charge in [0.2, 0.25) is 0 Å². The molecule has 7 aromatic carbocycles. The van der Waals surface area contributed by atoms with Crippen LogP contribution in [0.1, 0.15) is 42.0 Å². The minimum atomic E-state index is -0.494. The third-order valence-corrected chi connectivity index (χ3v) is 13.3. The van der Waals surface area contributed by atoms with Crippen LogP contribution in [0.2, 0.25) is 0 Å². The first kappa shape index (κ1) is 36.7. The molecule has 0 aliphatic heterocycles. The molecule has 0 saturated carbocycles. The van der Waals surface area contributed by atoms with Crippen molar-refractivity contribution in [2.24, 2.45) is 9.98 Å². The van der Waals surface area contributed by atoms with Crippen molar-refractivity contribution in [1.82, 2.24) is 0 Å². The number of aliphatic imine (C=N–C) groups is 2. The fourth-order valence-corrected chi connectivity index (χ4v) is 9.81. The Morgan fingerprint density at radius 2 is 1.12 bits per heavy atom. The van der Waals surface area contributed by atoms with Gasteiger partial charge in [-0.25, -0.2) is 0 Å². The van der Waals surface area contributed by atoms with Crippen molar-refractivity contribution in [2.75, 3.05) is 4.43 Å². The number of nitrogens with zero attached hydrogens (tertiary/aromatic N) is 2. The normalized spacial score (nSPS) is 13.5. The van der Waals surface area contributed by atoms with Crippen LogP contribution in [-0.2, 0) is 0 Å². The number of alkyl halides is 1. The first-order chi connectivity index (χ1) is 29.1. The number of fused-ring (bicyclic) bond motifs is 6. The number of amidine groups is 1. The Kier molecular flexibility index (Phi) is 9.96. The molecule has 59 heavy (non-hydrogen) atoms. The monoisotopic (exact) mass is 875 g/mol. The first-order valence-corrected chi connectivity index (χ1v) is 22.6. The molecular weight excluding hydrogens is 836 g/mol. The molecule has 0 amide bonds. The van der Waals surface area contributed by atoms with E-state index in [4.69, 9.17) is 18.8 Å². The number of hydrogen-bond acceptors (Lipinski definition) is 3. The molecule has 0 fully saturated rings. The van der Waals surface area contributed by atoms with Gasteiger partial charge in [-0.2, -0.15) is 0 Å². The Morgan fingerprint density at radius 3 is 1.71 bits per heavy atom. The molecule has 0 atom stereocenters. The van der Waals surface area contributed by atoms with E-state index >= 15 is 0 Å². The van der Waals surface area contributed by atoms with Gasteiger partial charge in [0.15, 0.2) is 0 Å². The molecule has 0 bridgehead atoms. The predicted molar refractivity (Wildman–Crippen MR) is 244 cm³/mol. The van der Waals surface area contributed by atoms with E-state index in [1.54, 1.807) is 0 Å². The molecule has 0 radical (unpaired) electrons. The molecule has 286 valence electrons. The molecule has 2 heterocycles. The Morgan fingerprint density at radius 1 is 0.542 bits per heavy atom. The van der Waals surface area contributed by atoms with E-state index in [1.165, 1.54) is 11.1 Å². The zero-order valence-corrected chi connectivity index (χ0v) is 34.8. The minimum absolute atomic E-state index is 0.494. The zero-order valence-electron chi connectivity index (χ0n) is 32.7. The molecule has 1 aliphatic carbocycles. The Balaban J connectivity index is 1.12. The summed E-state index contributed by atoms with van der Waals surface area (Å²) in [6.07, 6.45) is 8.70. The summed E-state index contributed by atoms with van der Waals surface area (Å²) in [5.74, 6) is 0.660. The molecule has 10 rings (SSSR count). The van der Waals surface area contributed by atoms with Crippen LogP contribution in [0.3, 0.4) is 0 Å². The van der Waals surface area contributed by atoms with Gasteiger partial charge in [0, 0.05) is 0 Å². The molecule has 4 nitrogen and oxygen atoms in total. The third kappa shape index (κ3) is 7.39. The number of furan rings is 2. The third-order valence-electron chi connectivity index (χ3n) is 10.9. The Labute approximate surface area is 353 Å². The maximum atomic E-state index is 6.23. The van der Waals surface area contributed by atoms with Crippen LogP contribution in [-0.4, -0.2) is 14.0 Å². The molecule has 1 aliphatic rings. The fourth-order valence-electron chi connectivity index (χ4n) is 7.94. The van der Waals surface area contributed by atoms with Gasteiger partial charge in [0.05, 0.1) is 0 Å². The van der Waals surface area contributed by atoms with E-state index in [1.807, 2.05) is 42.5 Å². The number of rotatable bonds is 9. The van der Waals surface area contributed by atoms with E-state index in [9.17, 15) is 0 Å². The average Bonchev–Trinajstić information content (AvgIpc) is 3.87. The van der Waals surface area contributed by atoms with Gasteiger partial charge in [0.1, 0.15) is 0 Å². The SMILES string of the molecule is C=C(N=C(N=C([I-]CC)c1cc(-c2ccc3oc4ccccc4c3c2)cc(-c2ccc3oc4ccccc4c3c2)c1)c1ccccc1)c1ccc(C2=CC=CCC2)cc1. The van der Waals surface area contributed by atoms with Crippen molar-refractivity contribution >= 4 is 64.7 Å². The van der Waals surface area contributed by atoms with Crippen LogP contribution < -0.4 is 21.2 Å². The van der Waals surface area contributed by atoms with Gasteiger partial charge >= 0.3 is 350 Å². The summed E-state index contributed by atoms with van der Waals surface area (Å²) >= 11 is -0.494. The summed E-state index contributed by atoms with van der Waals surface area (Å²) in [5.41, 5.74) is 14.3. The van der Waals surface area contributed by atoms with Crippen molar-refractivity contribution in [3.05, 3.63) is 205 Å². The molecule has 5 heteroatoms. The quantitative estimate of drug-likeness (QED) is 0.0628. The second-order valence-electron chi connectivity index (χ2n) is 14.7. The van der Waals surface area contributed by atoms with Gasteiger partial charge in [-0.15, -0.1) is 0 Å². The van der Waals surface area contributed by atoms with Crippen molar-refractivity contribution in [2.45, 2.75) is 19.8 Å². The van der Waals surface area contributed by atoms with Crippen LogP contribution in [0.15, 0.2) is 201 Å². The van der Waals surface area contributed by atoms with Crippen molar-refractivity contribution in [3.63, 3.8) is 0 Å². The number of halogens is 1. The first-order valence-electron chi connectivity index (χ1n) is 20.0. The zero-order chi connectivity index (χ0) is 39.7. The number of allylic oxidation sites excluding steroid dienone is 4. The summed E-state index contributed by atoms with van der Waals surface area (Å²) in [6.45, 7) is 6.71. The number of hydrogen-bond donors (Lipinski definition) is 0. The van der Waals surface area contributed by atoms with Crippen LogP contribution in [0.4, 0.5) is 0 Å². The standard InChI is InChI=1S/C54H40IN2O2/c1-3-55-53(57-54(39-16-8-5-9-17-39)56-35(2)36-22-24-38(25-23-36)37-14-6-4-7-15-37)44-31-42(40-26-28-51-47(33-40)45-18-10-12-20-49(45)58-51)30-43(32-44)41-27-29-52-48(34-41)46-19-11-13-21-50(46)59-52/h4-6,8-14,16-34H,2-3,7,15H2,1H3/q-1. The Hall–Kier alpha value is -6.57. The van der Waals surface area contributed by atoms with Gasteiger partial charge in [-0.05, 0) is 0 Å². The molecular formula is C54H40IN2O2-. The summed E-state index contributed by atoms with van der Waals surface area (Å²) in [4.78, 5) is 10.7. The second-order valence-corrected chi connectivity index (χ2v) is 18.0. The van der Waals surface area contributed by atoms with Crippen molar-refractivity contribution < 1.29 is 30.0 Å². The van der Waals surface area contributed by atoms with Gasteiger partial charge < -0.3 is 0 Å². The van der Waals surface area contributed by atoms with E-state index in [2.05, 4.69) is 147 Å². The molecule has 0 N–H and O–H groups in total. The topological polar surface area (TPSA) is 51.0 Å². The van der Waals surface area contributed by atoms with E-state index in [0.717, 1.165) is 104 Å². The van der Waals surface area contributed by atoms with Crippen LogP contribution in [0, 0.1) is 0 Å².